The molecule has 0 aliphatic carbocycles. The average molecular weight is 354 g/mol. The van der Waals surface area contributed by atoms with Crippen molar-refractivity contribution in [3.8, 4) is 0 Å². The van der Waals surface area contributed by atoms with Crippen LogP contribution >= 0.6 is 23.6 Å². The standard InChI is InChI=1S/C18H11FN2OS2/c19-13-6-2-3-7-15(13)21-17(22)14(20-18(21)23)9-11-10-24-16-8-4-1-5-12(11)16/h1-10H,(H,20,23)/b14-9+. The molecule has 2 heterocycles. The number of thiophene rings is 1. The zero-order valence-electron chi connectivity index (χ0n) is 12.3. The van der Waals surface area contributed by atoms with Gasteiger partial charge in [0.15, 0.2) is 5.11 Å². The fraction of sp³-hybridized carbons (Fsp3) is 0. The van der Waals surface area contributed by atoms with E-state index in [9.17, 15) is 9.18 Å². The molecule has 0 unspecified atom stereocenters. The molecule has 1 amide bonds. The van der Waals surface area contributed by atoms with Crippen molar-refractivity contribution in [2.24, 2.45) is 0 Å². The molecule has 2 aromatic carbocycles. The number of carbonyl (C=O) groups excluding carboxylic acids is 1. The normalized spacial score (nSPS) is 16.2. The second-order valence-electron chi connectivity index (χ2n) is 5.27. The maximum atomic E-state index is 14.0. The summed E-state index contributed by atoms with van der Waals surface area (Å²) in [7, 11) is 0. The molecule has 0 saturated carbocycles. The Hall–Kier alpha value is -2.57. The van der Waals surface area contributed by atoms with Crippen LogP contribution in [-0.2, 0) is 4.79 Å². The summed E-state index contributed by atoms with van der Waals surface area (Å²) in [4.78, 5) is 13.9. The van der Waals surface area contributed by atoms with Crippen LogP contribution in [0.25, 0.3) is 16.2 Å². The van der Waals surface area contributed by atoms with Gasteiger partial charge < -0.3 is 5.32 Å². The largest absolute Gasteiger partial charge is 0.327 e. The lowest BCUT2D eigenvalue weighted by Crippen LogP contribution is -2.31. The first-order valence-electron chi connectivity index (χ1n) is 7.23. The van der Waals surface area contributed by atoms with E-state index < -0.39 is 5.82 Å². The summed E-state index contributed by atoms with van der Waals surface area (Å²) in [6.45, 7) is 0. The van der Waals surface area contributed by atoms with Gasteiger partial charge in [-0.25, -0.2) is 9.29 Å². The highest BCUT2D eigenvalue weighted by atomic mass is 32.1. The van der Waals surface area contributed by atoms with Gasteiger partial charge in [-0.1, -0.05) is 30.3 Å². The first-order valence-corrected chi connectivity index (χ1v) is 8.52. The molecule has 24 heavy (non-hydrogen) atoms. The minimum absolute atomic E-state index is 0.151. The fourth-order valence-electron chi connectivity index (χ4n) is 2.65. The van der Waals surface area contributed by atoms with Gasteiger partial charge in [-0.3, -0.25) is 4.79 Å². The van der Waals surface area contributed by atoms with Crippen molar-refractivity contribution in [2.75, 3.05) is 4.90 Å². The summed E-state index contributed by atoms with van der Waals surface area (Å²) >= 11 is 6.83. The molecule has 3 nitrogen and oxygen atoms in total. The summed E-state index contributed by atoms with van der Waals surface area (Å²) in [5.74, 6) is -0.849. The molecular weight excluding hydrogens is 343 g/mol. The van der Waals surface area contributed by atoms with Crippen LogP contribution in [0.5, 0.6) is 0 Å². The second-order valence-corrected chi connectivity index (χ2v) is 6.57. The first-order chi connectivity index (χ1) is 11.6. The van der Waals surface area contributed by atoms with Crippen molar-refractivity contribution in [1.82, 2.24) is 5.32 Å². The number of carbonyl (C=O) groups is 1. The summed E-state index contributed by atoms with van der Waals surface area (Å²) in [5.41, 5.74) is 1.43. The van der Waals surface area contributed by atoms with Crippen LogP contribution in [0.2, 0.25) is 0 Å². The van der Waals surface area contributed by atoms with Crippen LogP contribution in [-0.4, -0.2) is 11.0 Å². The third-order valence-corrected chi connectivity index (χ3v) is 5.05. The van der Waals surface area contributed by atoms with Gasteiger partial charge in [-0.2, -0.15) is 0 Å². The van der Waals surface area contributed by atoms with Crippen LogP contribution in [0.15, 0.2) is 59.6 Å². The summed E-state index contributed by atoms with van der Waals surface area (Å²) in [6.07, 6.45) is 1.76. The number of anilines is 1. The third kappa shape index (κ3) is 2.40. The molecule has 0 spiro atoms. The molecule has 1 aromatic heterocycles. The van der Waals surface area contributed by atoms with Gasteiger partial charge in [-0.05, 0) is 52.8 Å². The van der Waals surface area contributed by atoms with Crippen LogP contribution in [0, 0.1) is 5.82 Å². The van der Waals surface area contributed by atoms with E-state index in [4.69, 9.17) is 12.2 Å². The molecule has 118 valence electrons. The van der Waals surface area contributed by atoms with E-state index in [1.807, 2.05) is 29.6 Å². The van der Waals surface area contributed by atoms with Gasteiger partial charge in [0.25, 0.3) is 5.91 Å². The van der Waals surface area contributed by atoms with Crippen LogP contribution in [0.4, 0.5) is 10.1 Å². The van der Waals surface area contributed by atoms with E-state index in [0.29, 0.717) is 5.70 Å². The van der Waals surface area contributed by atoms with E-state index >= 15 is 0 Å². The molecule has 1 aliphatic rings. The van der Waals surface area contributed by atoms with Crippen LogP contribution in [0.1, 0.15) is 5.56 Å². The summed E-state index contributed by atoms with van der Waals surface area (Å²) in [5, 5.41) is 6.12. The quantitative estimate of drug-likeness (QED) is 0.550. The van der Waals surface area contributed by atoms with Gasteiger partial charge in [0.2, 0.25) is 0 Å². The van der Waals surface area contributed by atoms with Gasteiger partial charge in [0, 0.05) is 4.70 Å². The highest BCUT2D eigenvalue weighted by molar-refractivity contribution is 7.80. The number of fused-ring (bicyclic) bond motifs is 1. The predicted molar refractivity (Wildman–Crippen MR) is 99.4 cm³/mol. The van der Waals surface area contributed by atoms with Gasteiger partial charge >= 0.3 is 0 Å². The second kappa shape index (κ2) is 5.81. The number of rotatable bonds is 2. The highest BCUT2D eigenvalue weighted by Gasteiger charge is 2.33. The molecule has 4 rings (SSSR count). The van der Waals surface area contributed by atoms with E-state index in [0.717, 1.165) is 15.6 Å². The maximum absolute atomic E-state index is 14.0. The first kappa shape index (κ1) is 15.0. The molecule has 1 aliphatic heterocycles. The van der Waals surface area contributed by atoms with Crippen molar-refractivity contribution in [3.63, 3.8) is 0 Å². The van der Waals surface area contributed by atoms with E-state index in [-0.39, 0.29) is 16.7 Å². The molecule has 1 fully saturated rings. The Morgan fingerprint density at radius 1 is 1.12 bits per heavy atom. The minimum atomic E-state index is -0.489. The lowest BCUT2D eigenvalue weighted by Gasteiger charge is -2.14. The summed E-state index contributed by atoms with van der Waals surface area (Å²) < 4.78 is 15.1. The molecular formula is C18H11FN2OS2. The Balaban J connectivity index is 1.75. The molecule has 0 bridgehead atoms. The highest BCUT2D eigenvalue weighted by Crippen LogP contribution is 2.29. The van der Waals surface area contributed by atoms with Crippen LogP contribution in [0.3, 0.4) is 0 Å². The number of nitrogens with one attached hydrogen (secondary N) is 1. The Bertz CT molecular complexity index is 1010. The van der Waals surface area contributed by atoms with Crippen molar-refractivity contribution in [2.45, 2.75) is 0 Å². The minimum Gasteiger partial charge on any atom is -0.327 e. The van der Waals surface area contributed by atoms with E-state index in [2.05, 4.69) is 5.32 Å². The molecule has 6 heteroatoms. The smallest absolute Gasteiger partial charge is 0.281 e. The molecule has 3 aromatic rings. The Morgan fingerprint density at radius 3 is 2.71 bits per heavy atom. The number of para-hydroxylation sites is 1. The molecule has 1 saturated heterocycles. The van der Waals surface area contributed by atoms with E-state index in [1.165, 1.54) is 17.0 Å². The Labute approximate surface area is 147 Å². The van der Waals surface area contributed by atoms with E-state index in [1.54, 1.807) is 29.5 Å². The van der Waals surface area contributed by atoms with Crippen molar-refractivity contribution < 1.29 is 9.18 Å². The van der Waals surface area contributed by atoms with Crippen molar-refractivity contribution >= 4 is 56.4 Å². The zero-order valence-corrected chi connectivity index (χ0v) is 14.0. The number of hydrogen-bond donors (Lipinski definition) is 1. The molecule has 1 N–H and O–H groups in total. The lowest BCUT2D eigenvalue weighted by atomic mass is 10.1. The SMILES string of the molecule is O=C1/C(=C\c2csc3ccccc23)NC(=S)N1c1ccccc1F. The lowest BCUT2D eigenvalue weighted by molar-refractivity contribution is -0.113. The number of hydrogen-bond acceptors (Lipinski definition) is 3. The zero-order chi connectivity index (χ0) is 16.7. The maximum Gasteiger partial charge on any atom is 0.281 e. The monoisotopic (exact) mass is 354 g/mol. The predicted octanol–water partition coefficient (Wildman–Crippen LogP) is 4.30. The molecule has 0 atom stereocenters. The number of halogens is 1. The van der Waals surface area contributed by atoms with Crippen molar-refractivity contribution in [1.29, 1.82) is 0 Å². The number of benzene rings is 2. The number of nitrogens with zero attached hydrogens (tertiary/aromatic N) is 1. The van der Waals surface area contributed by atoms with Crippen molar-refractivity contribution in [3.05, 3.63) is 71.0 Å². The number of amides is 1. The van der Waals surface area contributed by atoms with Crippen LogP contribution < -0.4 is 10.2 Å². The third-order valence-electron chi connectivity index (χ3n) is 3.78. The fourth-order valence-corrected chi connectivity index (χ4v) is 3.86. The van der Waals surface area contributed by atoms with Gasteiger partial charge in [0.05, 0.1) is 5.69 Å². The molecule has 0 radical (unpaired) electrons. The number of thiocarbonyl (C=S) groups is 1. The van der Waals surface area contributed by atoms with Gasteiger partial charge in [-0.15, -0.1) is 11.3 Å². The average Bonchev–Trinajstić information content (AvgIpc) is 3.11. The topological polar surface area (TPSA) is 32.3 Å². The summed E-state index contributed by atoms with van der Waals surface area (Å²) in [6, 6.07) is 14.0. The Kier molecular flexibility index (Phi) is 3.63. The Morgan fingerprint density at radius 2 is 1.88 bits per heavy atom. The van der Waals surface area contributed by atoms with Gasteiger partial charge in [0.1, 0.15) is 11.5 Å².